The number of hydrogen-bond acceptors (Lipinski definition) is 0. The maximum atomic E-state index is 4.89. The van der Waals surface area contributed by atoms with Gasteiger partial charge in [0, 0.05) is 5.92 Å². The summed E-state index contributed by atoms with van der Waals surface area (Å²) < 4.78 is 0. The van der Waals surface area contributed by atoms with Crippen molar-refractivity contribution in [2.75, 3.05) is 0 Å². The Morgan fingerprint density at radius 2 is 1.53 bits per heavy atom. The van der Waals surface area contributed by atoms with E-state index in [2.05, 4.69) is 66.7 Å². The van der Waals surface area contributed by atoms with Crippen LogP contribution in [0.25, 0.3) is 6.08 Å². The van der Waals surface area contributed by atoms with Crippen molar-refractivity contribution in [2.45, 2.75) is 12.3 Å². The molecule has 1 atom stereocenters. The van der Waals surface area contributed by atoms with E-state index in [0.29, 0.717) is 5.92 Å². The Balaban J connectivity index is 0.000000408. The van der Waals surface area contributed by atoms with Crippen molar-refractivity contribution in [3.05, 3.63) is 77.4 Å². The minimum atomic E-state index is -0.556. The first-order valence-electron chi connectivity index (χ1n) is 6.12. The van der Waals surface area contributed by atoms with Gasteiger partial charge in [-0.2, -0.15) is 0 Å². The fourth-order valence-corrected chi connectivity index (χ4v) is 2.37. The molecule has 0 bridgehead atoms. The molecule has 1 aliphatic rings. The van der Waals surface area contributed by atoms with Gasteiger partial charge in [-0.25, -0.2) is 0 Å². The summed E-state index contributed by atoms with van der Waals surface area (Å²) in [5.41, 5.74) is 4.25. The molecule has 0 saturated carbocycles. The Bertz CT molecular complexity index is 537. The van der Waals surface area contributed by atoms with E-state index in [9.17, 15) is 0 Å². The van der Waals surface area contributed by atoms with E-state index in [0.717, 1.165) is 6.42 Å². The quantitative estimate of drug-likeness (QED) is 0.647. The molecular formula is C16H14Cl2Ti. The van der Waals surface area contributed by atoms with E-state index in [1.807, 2.05) is 0 Å². The van der Waals surface area contributed by atoms with E-state index < -0.39 is 17.0 Å². The molecule has 0 saturated heterocycles. The number of rotatable bonds is 2. The van der Waals surface area contributed by atoms with Crippen LogP contribution >= 0.6 is 18.6 Å². The molecule has 0 aromatic heterocycles. The predicted octanol–water partition coefficient (Wildman–Crippen LogP) is 5.42. The molecule has 3 heteroatoms. The molecule has 1 unspecified atom stereocenters. The number of allylic oxidation sites excluding steroid dienone is 1. The van der Waals surface area contributed by atoms with E-state index in [4.69, 9.17) is 18.6 Å². The Labute approximate surface area is 131 Å². The van der Waals surface area contributed by atoms with Crippen LogP contribution in [0, 0.1) is 0 Å². The molecule has 0 radical (unpaired) electrons. The van der Waals surface area contributed by atoms with Crippen molar-refractivity contribution in [3.63, 3.8) is 0 Å². The minimum absolute atomic E-state index is 0.554. The molecule has 0 fully saturated rings. The zero-order valence-corrected chi connectivity index (χ0v) is 13.5. The number of hydrogen-bond donors (Lipinski definition) is 0. The van der Waals surface area contributed by atoms with Gasteiger partial charge in [0.15, 0.2) is 0 Å². The molecule has 0 amide bonds. The molecule has 0 aliphatic heterocycles. The van der Waals surface area contributed by atoms with Gasteiger partial charge in [0.25, 0.3) is 0 Å². The van der Waals surface area contributed by atoms with Gasteiger partial charge < -0.3 is 0 Å². The van der Waals surface area contributed by atoms with Crippen LogP contribution in [0.3, 0.4) is 0 Å². The summed E-state index contributed by atoms with van der Waals surface area (Å²) in [7, 11) is 9.78. The summed E-state index contributed by atoms with van der Waals surface area (Å²) in [6.45, 7) is 0. The van der Waals surface area contributed by atoms with Gasteiger partial charge in [-0.3, -0.25) is 0 Å². The maximum absolute atomic E-state index is 4.89. The van der Waals surface area contributed by atoms with Gasteiger partial charge >= 0.3 is 35.6 Å². The summed E-state index contributed by atoms with van der Waals surface area (Å²) in [6.07, 6.45) is 5.66. The van der Waals surface area contributed by atoms with Crippen LogP contribution in [-0.2, 0) is 23.5 Å². The predicted molar refractivity (Wildman–Crippen MR) is 80.1 cm³/mol. The number of halogens is 2. The fraction of sp³-hybridized carbons (Fsp3) is 0.125. The first-order chi connectivity index (χ1) is 9.35. The first kappa shape index (κ1) is 14.9. The number of benzene rings is 2. The second-order valence-corrected chi connectivity index (χ2v) is 6.93. The molecule has 1 aliphatic carbocycles. The van der Waals surface area contributed by atoms with Crippen LogP contribution in [0.2, 0.25) is 0 Å². The topological polar surface area (TPSA) is 0 Å². The summed E-state index contributed by atoms with van der Waals surface area (Å²) in [5, 5.41) is 0. The molecule has 96 valence electrons. The summed E-state index contributed by atoms with van der Waals surface area (Å²) >= 11 is -0.556. The van der Waals surface area contributed by atoms with Crippen LogP contribution in [0.1, 0.15) is 22.6 Å². The van der Waals surface area contributed by atoms with Crippen molar-refractivity contribution in [1.29, 1.82) is 0 Å². The SMILES string of the molecule is C1=CC(Cc2ccccc2)c2ccccc21.[Cl][Ti][Cl]. The monoisotopic (exact) mass is 324 g/mol. The van der Waals surface area contributed by atoms with Gasteiger partial charge in [-0.1, -0.05) is 66.7 Å². The van der Waals surface area contributed by atoms with E-state index >= 15 is 0 Å². The van der Waals surface area contributed by atoms with E-state index in [-0.39, 0.29) is 0 Å². The molecule has 0 N–H and O–H groups in total. The van der Waals surface area contributed by atoms with Crippen LogP contribution < -0.4 is 0 Å². The zero-order chi connectivity index (χ0) is 13.5. The Hall–Kier alpha value is -0.526. The van der Waals surface area contributed by atoms with Crippen LogP contribution in [0.15, 0.2) is 60.7 Å². The Morgan fingerprint density at radius 3 is 2.26 bits per heavy atom. The summed E-state index contributed by atoms with van der Waals surface area (Å²) in [4.78, 5) is 0. The van der Waals surface area contributed by atoms with E-state index in [1.165, 1.54) is 16.7 Å². The average Bonchev–Trinajstić information content (AvgIpc) is 2.85. The molecule has 0 spiro atoms. The van der Waals surface area contributed by atoms with Gasteiger partial charge in [0.1, 0.15) is 0 Å². The normalized spacial score (nSPS) is 15.4. The fourth-order valence-electron chi connectivity index (χ4n) is 2.37. The molecule has 2 aromatic carbocycles. The van der Waals surface area contributed by atoms with Gasteiger partial charge in [-0.15, -0.1) is 0 Å². The summed E-state index contributed by atoms with van der Waals surface area (Å²) in [5.74, 6) is 0.554. The standard InChI is InChI=1S/C16H14.2ClH.Ti/c1-2-6-13(7-3-1)12-15-11-10-14-8-4-5-9-16(14)15;;;/h1-11,15H,12H2;2*1H;/q;;;+2/p-2. The van der Waals surface area contributed by atoms with Gasteiger partial charge in [-0.05, 0) is 23.1 Å². The van der Waals surface area contributed by atoms with Crippen LogP contribution in [-0.4, -0.2) is 0 Å². The third-order valence-electron chi connectivity index (χ3n) is 3.20. The Kier molecular flexibility index (Phi) is 6.20. The van der Waals surface area contributed by atoms with Crippen molar-refractivity contribution >= 4 is 24.7 Å². The van der Waals surface area contributed by atoms with Crippen molar-refractivity contribution < 1.29 is 17.0 Å². The molecule has 2 aromatic rings. The first-order valence-corrected chi connectivity index (χ1v) is 10.4. The second-order valence-electron chi connectivity index (χ2n) is 4.36. The number of fused-ring (bicyclic) bond motifs is 1. The van der Waals surface area contributed by atoms with Crippen LogP contribution in [0.4, 0.5) is 0 Å². The average molecular weight is 325 g/mol. The Morgan fingerprint density at radius 1 is 0.895 bits per heavy atom. The van der Waals surface area contributed by atoms with Crippen molar-refractivity contribution in [1.82, 2.24) is 0 Å². The third kappa shape index (κ3) is 4.22. The molecule has 3 rings (SSSR count). The van der Waals surface area contributed by atoms with Crippen molar-refractivity contribution in [2.24, 2.45) is 0 Å². The van der Waals surface area contributed by atoms with Gasteiger partial charge in [0.2, 0.25) is 0 Å². The second kappa shape index (κ2) is 7.92. The van der Waals surface area contributed by atoms with E-state index in [1.54, 1.807) is 0 Å². The molecule has 19 heavy (non-hydrogen) atoms. The zero-order valence-electron chi connectivity index (χ0n) is 10.4. The molecular weight excluding hydrogens is 311 g/mol. The third-order valence-corrected chi connectivity index (χ3v) is 3.20. The van der Waals surface area contributed by atoms with Gasteiger partial charge in [0.05, 0.1) is 0 Å². The van der Waals surface area contributed by atoms with Crippen LogP contribution in [0.5, 0.6) is 0 Å². The molecule has 0 heterocycles. The molecule has 0 nitrogen and oxygen atoms in total. The van der Waals surface area contributed by atoms with Crippen molar-refractivity contribution in [3.8, 4) is 0 Å². The summed E-state index contributed by atoms with van der Waals surface area (Å²) in [6, 6.07) is 19.4.